The Morgan fingerprint density at radius 1 is 1.12 bits per heavy atom. The van der Waals surface area contributed by atoms with Gasteiger partial charge in [-0.05, 0) is 38.2 Å². The zero-order valence-electron chi connectivity index (χ0n) is 24.6. The number of aliphatic hydroxyl groups is 1. The van der Waals surface area contributed by atoms with Gasteiger partial charge in [-0.3, -0.25) is 24.7 Å². The van der Waals surface area contributed by atoms with Crippen molar-refractivity contribution in [1.29, 1.82) is 0 Å². The van der Waals surface area contributed by atoms with Crippen LogP contribution in [0.15, 0.2) is 58.5 Å². The van der Waals surface area contributed by atoms with Gasteiger partial charge in [0.15, 0.2) is 6.10 Å². The molecule has 1 heterocycles. The molecule has 0 saturated carbocycles. The van der Waals surface area contributed by atoms with Crippen LogP contribution in [-0.4, -0.2) is 74.4 Å². The van der Waals surface area contributed by atoms with Crippen LogP contribution in [0.2, 0.25) is 0 Å². The summed E-state index contributed by atoms with van der Waals surface area (Å²) in [5.41, 5.74) is 8.59. The molecule has 226 valence electrons. The molecule has 2 amide bonds. The van der Waals surface area contributed by atoms with Crippen LogP contribution in [-0.2, 0) is 33.4 Å². The first-order valence-electron chi connectivity index (χ1n) is 13.2. The summed E-state index contributed by atoms with van der Waals surface area (Å²) in [7, 11) is 4.22. The number of nitrogens with two attached hydrogens (primary N) is 1. The largest absolute Gasteiger partial charge is 0.439 e. The molecule has 2 bridgehead atoms. The van der Waals surface area contributed by atoms with Gasteiger partial charge in [-0.2, -0.15) is 0 Å². The van der Waals surface area contributed by atoms with Crippen LogP contribution in [0.1, 0.15) is 40.5 Å². The van der Waals surface area contributed by atoms with E-state index in [9.17, 15) is 24.3 Å². The van der Waals surface area contributed by atoms with Crippen molar-refractivity contribution in [1.82, 2.24) is 10.8 Å². The Hall–Kier alpha value is -3.58. The standard InChI is InChI=1S/C29H41N3O9/c1-15-11-19-24(32-40-7)21(33)14-20(26(19)35)31-28(36)16(2)9-8-10-22(38-5)27(41-29(30)37)18(4)13-17(3)25(34)23(12-15)39-6/h8-10,13-15,17,22-23,25,27,32,34H,11-12H2,1-7H3,(H2,30,37)(H,31,36)/b10-8-,16-9+,18-13+/t15-,17+,22+,23+,25-,27+/m1/s1. The van der Waals surface area contributed by atoms with Crippen LogP contribution in [0, 0.1) is 11.8 Å². The molecule has 1 aliphatic carbocycles. The first-order valence-corrected chi connectivity index (χ1v) is 13.2. The number of carbonyl (C=O) groups excluding carboxylic acids is 4. The number of Topliss-reactive ketones (excluding diaryl/α,β-unsaturated/α-hetero) is 1. The van der Waals surface area contributed by atoms with Gasteiger partial charge in [0, 0.05) is 37.4 Å². The lowest BCUT2D eigenvalue weighted by Gasteiger charge is -2.30. The second-order valence-corrected chi connectivity index (χ2v) is 10.2. The number of ketones is 2. The summed E-state index contributed by atoms with van der Waals surface area (Å²) in [6.45, 7) is 6.91. The highest BCUT2D eigenvalue weighted by atomic mass is 16.6. The molecule has 2 rings (SSSR count). The Bertz CT molecular complexity index is 1170. The molecule has 12 nitrogen and oxygen atoms in total. The van der Waals surface area contributed by atoms with E-state index in [2.05, 4.69) is 10.8 Å². The topological polar surface area (TPSA) is 176 Å². The average Bonchev–Trinajstić information content (AvgIpc) is 2.92. The number of hydrogen-bond acceptors (Lipinski definition) is 10. The number of allylic oxidation sites excluding steroid dienone is 4. The zero-order valence-corrected chi connectivity index (χ0v) is 24.6. The van der Waals surface area contributed by atoms with Gasteiger partial charge in [-0.1, -0.05) is 38.2 Å². The number of fused-ring (bicyclic) bond motifs is 2. The van der Waals surface area contributed by atoms with Gasteiger partial charge in [0.1, 0.15) is 11.8 Å². The van der Waals surface area contributed by atoms with Crippen molar-refractivity contribution in [3.63, 3.8) is 0 Å². The highest BCUT2D eigenvalue weighted by Gasteiger charge is 2.33. The number of primary amides is 1. The van der Waals surface area contributed by atoms with E-state index in [4.69, 9.17) is 24.8 Å². The third kappa shape index (κ3) is 8.95. The van der Waals surface area contributed by atoms with Crippen LogP contribution in [0.3, 0.4) is 0 Å². The molecule has 0 aromatic rings. The predicted octanol–water partition coefficient (Wildman–Crippen LogP) is 1.91. The van der Waals surface area contributed by atoms with E-state index in [0.717, 1.165) is 6.08 Å². The lowest BCUT2D eigenvalue weighted by Crippen LogP contribution is -2.37. The predicted molar refractivity (Wildman–Crippen MR) is 150 cm³/mol. The highest BCUT2D eigenvalue weighted by Crippen LogP contribution is 2.28. The molecule has 5 N–H and O–H groups in total. The maximum absolute atomic E-state index is 13.4. The van der Waals surface area contributed by atoms with Crippen molar-refractivity contribution in [3.8, 4) is 0 Å². The lowest BCUT2D eigenvalue weighted by molar-refractivity contribution is -0.120. The summed E-state index contributed by atoms with van der Waals surface area (Å²) in [5, 5.41) is 13.7. The minimum atomic E-state index is -1.00. The van der Waals surface area contributed by atoms with Gasteiger partial charge >= 0.3 is 6.09 Å². The van der Waals surface area contributed by atoms with E-state index in [1.807, 2.05) is 6.92 Å². The third-order valence-electron chi connectivity index (χ3n) is 7.00. The SMILES string of the molecule is CONC1=C2C[C@@H](C)C[C@H](OC)[C@H](O)[C@@H](C)/C=C(\C)[C@H](OC(N)=O)[C@@H](OC)/C=C\C=C(/C)C(=O)NC(=CC1=O)C2=O. The quantitative estimate of drug-likeness (QED) is 0.215. The molecular formula is C29H41N3O9. The van der Waals surface area contributed by atoms with Crippen LogP contribution >= 0.6 is 0 Å². The second kappa shape index (κ2) is 15.4. The monoisotopic (exact) mass is 575 g/mol. The molecule has 0 aromatic heterocycles. The van der Waals surface area contributed by atoms with Crippen molar-refractivity contribution in [2.45, 2.75) is 65.0 Å². The van der Waals surface area contributed by atoms with Crippen molar-refractivity contribution in [2.24, 2.45) is 17.6 Å². The number of nitrogens with one attached hydrogen (secondary N) is 2. The number of carbonyl (C=O) groups is 4. The summed E-state index contributed by atoms with van der Waals surface area (Å²) < 4.78 is 16.5. The molecule has 0 radical (unpaired) electrons. The number of ether oxygens (including phenoxy) is 3. The van der Waals surface area contributed by atoms with Crippen molar-refractivity contribution < 1.29 is 43.3 Å². The molecular weight excluding hydrogens is 534 g/mol. The fourth-order valence-electron chi connectivity index (χ4n) is 4.80. The van der Waals surface area contributed by atoms with Gasteiger partial charge in [0.2, 0.25) is 11.6 Å². The number of amides is 2. The summed E-state index contributed by atoms with van der Waals surface area (Å²) in [6.07, 6.45) is 3.55. The molecule has 0 fully saturated rings. The summed E-state index contributed by atoms with van der Waals surface area (Å²) in [4.78, 5) is 55.9. The Labute approximate surface area is 240 Å². The van der Waals surface area contributed by atoms with Gasteiger partial charge in [0.05, 0.1) is 25.0 Å². The molecule has 0 saturated heterocycles. The van der Waals surface area contributed by atoms with Crippen LogP contribution in [0.4, 0.5) is 4.79 Å². The van der Waals surface area contributed by atoms with Gasteiger partial charge < -0.3 is 30.4 Å². The number of methoxy groups -OCH3 is 2. The Morgan fingerprint density at radius 3 is 2.39 bits per heavy atom. The molecule has 12 heteroatoms. The van der Waals surface area contributed by atoms with Gasteiger partial charge in [0.25, 0.3) is 5.91 Å². The van der Waals surface area contributed by atoms with Crippen LogP contribution in [0.5, 0.6) is 0 Å². The summed E-state index contributed by atoms with van der Waals surface area (Å²) in [6, 6.07) is 0. The Kier molecular flexibility index (Phi) is 12.7. The molecule has 6 atom stereocenters. The Balaban J connectivity index is 2.61. The molecule has 2 aliphatic rings. The molecule has 0 unspecified atom stereocenters. The normalized spacial score (nSPS) is 32.2. The van der Waals surface area contributed by atoms with E-state index in [0.29, 0.717) is 12.0 Å². The third-order valence-corrected chi connectivity index (χ3v) is 7.00. The minimum Gasteiger partial charge on any atom is -0.439 e. The number of aliphatic hydroxyl groups excluding tert-OH is 1. The molecule has 0 spiro atoms. The van der Waals surface area contributed by atoms with Gasteiger partial charge in [-0.15, -0.1) is 0 Å². The lowest BCUT2D eigenvalue weighted by atomic mass is 9.85. The fraction of sp³-hybridized carbons (Fsp3) is 0.517. The van der Waals surface area contributed by atoms with E-state index in [1.54, 1.807) is 26.0 Å². The maximum Gasteiger partial charge on any atom is 0.405 e. The van der Waals surface area contributed by atoms with Crippen molar-refractivity contribution >= 4 is 23.6 Å². The first kappa shape index (κ1) is 33.6. The number of hydroxylamine groups is 1. The summed E-state index contributed by atoms with van der Waals surface area (Å²) >= 11 is 0. The first-order chi connectivity index (χ1) is 19.3. The molecule has 0 aromatic carbocycles. The fourth-order valence-corrected chi connectivity index (χ4v) is 4.80. The summed E-state index contributed by atoms with van der Waals surface area (Å²) in [5.74, 6) is -2.34. The van der Waals surface area contributed by atoms with E-state index >= 15 is 0 Å². The maximum atomic E-state index is 13.4. The van der Waals surface area contributed by atoms with E-state index in [1.165, 1.54) is 40.4 Å². The van der Waals surface area contributed by atoms with Crippen LogP contribution in [0.25, 0.3) is 0 Å². The minimum absolute atomic E-state index is 0.0176. The van der Waals surface area contributed by atoms with E-state index < -0.39 is 53.9 Å². The van der Waals surface area contributed by atoms with Crippen molar-refractivity contribution in [2.75, 3.05) is 21.3 Å². The zero-order chi connectivity index (χ0) is 30.9. The average molecular weight is 576 g/mol. The molecule has 1 aliphatic heterocycles. The van der Waals surface area contributed by atoms with Crippen molar-refractivity contribution in [3.05, 3.63) is 58.5 Å². The van der Waals surface area contributed by atoms with Crippen LogP contribution < -0.4 is 16.5 Å². The number of hydrogen-bond donors (Lipinski definition) is 4. The Morgan fingerprint density at radius 2 is 1.80 bits per heavy atom. The second-order valence-electron chi connectivity index (χ2n) is 10.2. The van der Waals surface area contributed by atoms with Gasteiger partial charge in [-0.25, -0.2) is 4.79 Å². The molecule has 41 heavy (non-hydrogen) atoms. The number of rotatable bonds is 5. The van der Waals surface area contributed by atoms with E-state index in [-0.39, 0.29) is 34.9 Å². The smallest absolute Gasteiger partial charge is 0.405 e. The highest BCUT2D eigenvalue weighted by molar-refractivity contribution is 6.23.